The predicted molar refractivity (Wildman–Crippen MR) is 128 cm³/mol. The predicted octanol–water partition coefficient (Wildman–Crippen LogP) is 4.29. The zero-order valence-electron chi connectivity index (χ0n) is 20.3. The molecule has 2 fully saturated rings. The number of hydrogen-bond acceptors (Lipinski definition) is 3. The third-order valence-electron chi connectivity index (χ3n) is 7.29. The van der Waals surface area contributed by atoms with E-state index in [1.54, 1.807) is 0 Å². The molecule has 0 aromatic heterocycles. The highest BCUT2D eigenvalue weighted by molar-refractivity contribution is 5.94. The second-order valence-corrected chi connectivity index (χ2v) is 10.7. The summed E-state index contributed by atoms with van der Waals surface area (Å²) in [5, 5.41) is 9.22. The Morgan fingerprint density at radius 3 is 2.43 bits per heavy atom. The molecule has 1 aromatic carbocycles. The fraction of sp³-hybridized carbons (Fsp3) is 0.556. The fourth-order valence-corrected chi connectivity index (χ4v) is 4.80. The van der Waals surface area contributed by atoms with E-state index < -0.39 is 23.2 Å². The maximum atomic E-state index is 13.4. The Morgan fingerprint density at radius 2 is 1.89 bits per heavy atom. The van der Waals surface area contributed by atoms with Crippen LogP contribution in [0, 0.1) is 10.8 Å². The van der Waals surface area contributed by atoms with Crippen molar-refractivity contribution in [2.24, 2.45) is 10.8 Å². The van der Waals surface area contributed by atoms with Crippen LogP contribution in [0.1, 0.15) is 57.1 Å². The van der Waals surface area contributed by atoms with E-state index in [0.717, 1.165) is 56.4 Å². The molecule has 5 nitrogen and oxygen atoms in total. The molecule has 2 aliphatic carbocycles. The third-order valence-corrected chi connectivity index (χ3v) is 7.29. The van der Waals surface area contributed by atoms with Gasteiger partial charge in [-0.25, -0.2) is 0 Å². The first-order chi connectivity index (χ1) is 16.5. The molecule has 2 amide bonds. The Hall–Kier alpha value is -2.61. The SMILES string of the molecule is CC1(C)C=CC(C2(C(=O)N[C@@H](Cc3ccc(C(F)(F)F)cc3)C(=O)N[C@@H]3CCCNC3)CC2)=CC1. The minimum absolute atomic E-state index is 0.0376. The van der Waals surface area contributed by atoms with E-state index in [0.29, 0.717) is 12.1 Å². The number of carbonyl (C=O) groups is 2. The molecule has 3 aliphatic rings. The molecule has 1 aliphatic heterocycles. The summed E-state index contributed by atoms with van der Waals surface area (Å²) in [5.41, 5.74) is 0.228. The molecule has 2 atom stereocenters. The van der Waals surface area contributed by atoms with E-state index in [-0.39, 0.29) is 29.7 Å². The van der Waals surface area contributed by atoms with Gasteiger partial charge in [0.25, 0.3) is 0 Å². The zero-order valence-corrected chi connectivity index (χ0v) is 20.3. The Kier molecular flexibility index (Phi) is 7.13. The van der Waals surface area contributed by atoms with Gasteiger partial charge in [0, 0.05) is 19.0 Å². The average Bonchev–Trinajstić information content (AvgIpc) is 3.61. The summed E-state index contributed by atoms with van der Waals surface area (Å²) < 4.78 is 38.9. The fourth-order valence-electron chi connectivity index (χ4n) is 4.80. The van der Waals surface area contributed by atoms with Gasteiger partial charge >= 0.3 is 6.18 Å². The number of rotatable bonds is 7. The van der Waals surface area contributed by atoms with Crippen molar-refractivity contribution >= 4 is 11.8 Å². The number of benzene rings is 1. The van der Waals surface area contributed by atoms with E-state index in [1.165, 1.54) is 12.1 Å². The van der Waals surface area contributed by atoms with E-state index >= 15 is 0 Å². The van der Waals surface area contributed by atoms with Crippen LogP contribution in [-0.4, -0.2) is 37.0 Å². The van der Waals surface area contributed by atoms with Crippen molar-refractivity contribution in [3.05, 3.63) is 59.2 Å². The number of alkyl halides is 3. The Morgan fingerprint density at radius 1 is 1.17 bits per heavy atom. The largest absolute Gasteiger partial charge is 0.416 e. The van der Waals surface area contributed by atoms with Gasteiger partial charge in [0.2, 0.25) is 11.8 Å². The lowest BCUT2D eigenvalue weighted by atomic mass is 9.80. The van der Waals surface area contributed by atoms with Gasteiger partial charge in [0.1, 0.15) is 6.04 Å². The standard InChI is InChI=1S/C27H34F3N3O2/c1-25(2)11-9-19(10-12-25)26(13-14-26)24(35)33-22(23(34)32-21-4-3-15-31-17-21)16-18-5-7-20(8-6-18)27(28,29)30/h5-11,21-22,31H,3-4,12-17H2,1-2H3,(H,32,34)(H,33,35)/t21-,22+/m1/s1. The molecular weight excluding hydrogens is 455 g/mol. The lowest BCUT2D eigenvalue weighted by Crippen LogP contribution is -2.55. The van der Waals surface area contributed by atoms with Crippen LogP contribution < -0.4 is 16.0 Å². The van der Waals surface area contributed by atoms with E-state index in [2.05, 4.69) is 41.9 Å². The van der Waals surface area contributed by atoms with Crippen molar-refractivity contribution in [3.8, 4) is 0 Å². The van der Waals surface area contributed by atoms with Crippen LogP contribution in [0.4, 0.5) is 13.2 Å². The molecule has 1 heterocycles. The van der Waals surface area contributed by atoms with Gasteiger partial charge in [-0.3, -0.25) is 9.59 Å². The highest BCUT2D eigenvalue weighted by Crippen LogP contribution is 2.54. The molecule has 1 saturated heterocycles. The number of allylic oxidation sites excluding steroid dienone is 3. The van der Waals surface area contributed by atoms with Crippen LogP contribution in [0.25, 0.3) is 0 Å². The molecule has 0 bridgehead atoms. The summed E-state index contributed by atoms with van der Waals surface area (Å²) in [6, 6.07) is 3.86. The van der Waals surface area contributed by atoms with Gasteiger partial charge < -0.3 is 16.0 Å². The van der Waals surface area contributed by atoms with Crippen molar-refractivity contribution in [1.82, 2.24) is 16.0 Å². The average molecular weight is 490 g/mol. The van der Waals surface area contributed by atoms with E-state index in [4.69, 9.17) is 0 Å². The second-order valence-electron chi connectivity index (χ2n) is 10.7. The molecule has 35 heavy (non-hydrogen) atoms. The zero-order chi connectivity index (χ0) is 25.3. The molecule has 0 radical (unpaired) electrons. The smallest absolute Gasteiger partial charge is 0.350 e. The second kappa shape index (κ2) is 9.80. The number of amides is 2. The third kappa shape index (κ3) is 6.15. The number of carbonyl (C=O) groups excluding carboxylic acids is 2. The monoisotopic (exact) mass is 489 g/mol. The number of halogens is 3. The van der Waals surface area contributed by atoms with Crippen LogP contribution in [0.5, 0.6) is 0 Å². The van der Waals surface area contributed by atoms with Gasteiger partial charge in [0.15, 0.2) is 0 Å². The maximum Gasteiger partial charge on any atom is 0.416 e. The minimum Gasteiger partial charge on any atom is -0.350 e. The Bertz CT molecular complexity index is 1000. The van der Waals surface area contributed by atoms with Gasteiger partial charge in [-0.05, 0) is 67.3 Å². The normalized spacial score (nSPS) is 23.7. The highest BCUT2D eigenvalue weighted by atomic mass is 19.4. The summed E-state index contributed by atoms with van der Waals surface area (Å²) in [7, 11) is 0. The number of hydrogen-bond donors (Lipinski definition) is 3. The molecule has 0 spiro atoms. The number of nitrogens with one attached hydrogen (secondary N) is 3. The van der Waals surface area contributed by atoms with Crippen LogP contribution >= 0.6 is 0 Å². The first-order valence-electron chi connectivity index (χ1n) is 12.4. The summed E-state index contributed by atoms with van der Waals surface area (Å²) in [6.45, 7) is 5.84. The quantitative estimate of drug-likeness (QED) is 0.535. The molecule has 4 rings (SSSR count). The van der Waals surface area contributed by atoms with Gasteiger partial charge in [-0.15, -0.1) is 0 Å². The first kappa shape index (κ1) is 25.5. The molecular formula is C27H34F3N3O2. The Labute approximate surface area is 204 Å². The molecule has 1 saturated carbocycles. The van der Waals surface area contributed by atoms with Crippen molar-refractivity contribution in [2.45, 2.75) is 70.6 Å². The minimum atomic E-state index is -4.42. The topological polar surface area (TPSA) is 70.2 Å². The summed E-state index contributed by atoms with van der Waals surface area (Å²) in [4.78, 5) is 26.7. The van der Waals surface area contributed by atoms with E-state index in [1.807, 2.05) is 6.08 Å². The van der Waals surface area contributed by atoms with Crippen molar-refractivity contribution in [1.29, 1.82) is 0 Å². The highest BCUT2D eigenvalue weighted by Gasteiger charge is 2.53. The molecule has 1 aromatic rings. The van der Waals surface area contributed by atoms with Crippen molar-refractivity contribution < 1.29 is 22.8 Å². The molecule has 190 valence electrons. The molecule has 8 heteroatoms. The van der Waals surface area contributed by atoms with Gasteiger partial charge in [-0.2, -0.15) is 13.2 Å². The Balaban J connectivity index is 1.50. The number of piperidine rings is 1. The van der Waals surface area contributed by atoms with Crippen molar-refractivity contribution in [2.75, 3.05) is 13.1 Å². The van der Waals surface area contributed by atoms with Crippen LogP contribution in [-0.2, 0) is 22.2 Å². The maximum absolute atomic E-state index is 13.4. The lowest BCUT2D eigenvalue weighted by Gasteiger charge is -2.29. The van der Waals surface area contributed by atoms with Gasteiger partial charge in [0.05, 0.1) is 11.0 Å². The van der Waals surface area contributed by atoms with Gasteiger partial charge in [-0.1, -0.05) is 44.2 Å². The molecule has 3 N–H and O–H groups in total. The summed E-state index contributed by atoms with van der Waals surface area (Å²) in [6.07, 6.45) is 6.03. The van der Waals surface area contributed by atoms with Crippen LogP contribution in [0.2, 0.25) is 0 Å². The van der Waals surface area contributed by atoms with Crippen LogP contribution in [0.15, 0.2) is 48.1 Å². The summed E-state index contributed by atoms with van der Waals surface area (Å²) in [5.74, 6) is -0.501. The lowest BCUT2D eigenvalue weighted by molar-refractivity contribution is -0.137. The van der Waals surface area contributed by atoms with Crippen LogP contribution in [0.3, 0.4) is 0 Å². The first-order valence-corrected chi connectivity index (χ1v) is 12.4. The van der Waals surface area contributed by atoms with Crippen molar-refractivity contribution in [3.63, 3.8) is 0 Å². The van der Waals surface area contributed by atoms with E-state index in [9.17, 15) is 22.8 Å². The molecule has 0 unspecified atom stereocenters. The summed E-state index contributed by atoms with van der Waals surface area (Å²) >= 11 is 0.